The van der Waals surface area contributed by atoms with Gasteiger partial charge in [-0.15, -0.1) is 12.4 Å². The molecule has 2 saturated heterocycles. The number of rotatable bonds is 5. The molecule has 3 aliphatic heterocycles. The number of nitrogens with zero attached hydrogens (tertiary/aromatic N) is 5. The average Bonchev–Trinajstić information content (AvgIpc) is 3.58. The van der Waals surface area contributed by atoms with Gasteiger partial charge in [0.05, 0.1) is 11.7 Å². The van der Waals surface area contributed by atoms with E-state index in [0.29, 0.717) is 50.1 Å². The van der Waals surface area contributed by atoms with Gasteiger partial charge in [0.15, 0.2) is 11.5 Å². The second-order valence-corrected chi connectivity index (χ2v) is 11.8. The summed E-state index contributed by atoms with van der Waals surface area (Å²) in [6.45, 7) is 4.70. The van der Waals surface area contributed by atoms with E-state index in [9.17, 15) is 13.2 Å². The van der Waals surface area contributed by atoms with Crippen LogP contribution in [0.25, 0.3) is 11.0 Å². The molecule has 4 heterocycles. The van der Waals surface area contributed by atoms with Crippen LogP contribution in [0.15, 0.2) is 41.3 Å². The van der Waals surface area contributed by atoms with E-state index < -0.39 is 10.0 Å². The molecule has 3 aliphatic rings. The Morgan fingerprint density at radius 1 is 0.973 bits per heavy atom. The van der Waals surface area contributed by atoms with Crippen LogP contribution in [0.1, 0.15) is 18.4 Å². The van der Waals surface area contributed by atoms with Crippen molar-refractivity contribution in [3.05, 3.63) is 42.0 Å². The zero-order valence-electron chi connectivity index (χ0n) is 20.1. The lowest BCUT2D eigenvalue weighted by molar-refractivity contribution is -0.138. The van der Waals surface area contributed by atoms with E-state index in [-0.39, 0.29) is 35.9 Å². The Morgan fingerprint density at radius 2 is 1.73 bits per heavy atom. The zero-order chi connectivity index (χ0) is 24.7. The van der Waals surface area contributed by atoms with Crippen molar-refractivity contribution in [2.45, 2.75) is 24.3 Å². The Hall–Kier alpha value is -2.51. The van der Waals surface area contributed by atoms with Gasteiger partial charge in [-0.1, -0.05) is 12.1 Å². The summed E-state index contributed by atoms with van der Waals surface area (Å²) < 4.78 is 47.2. The summed E-state index contributed by atoms with van der Waals surface area (Å²) in [7, 11) is -3.68. The van der Waals surface area contributed by atoms with Crippen molar-refractivity contribution in [1.29, 1.82) is 0 Å². The van der Waals surface area contributed by atoms with Gasteiger partial charge in [0, 0.05) is 51.7 Å². The molecule has 0 bridgehead atoms. The maximum absolute atomic E-state index is 13.3. The normalized spacial score (nSPS) is 19.2. The van der Waals surface area contributed by atoms with Crippen LogP contribution in [0.5, 0.6) is 11.5 Å². The Morgan fingerprint density at radius 3 is 2.51 bits per heavy atom. The third-order valence-electron chi connectivity index (χ3n) is 7.20. The Bertz CT molecular complexity index is 1390. The van der Waals surface area contributed by atoms with Gasteiger partial charge in [-0.3, -0.25) is 9.69 Å². The first-order chi connectivity index (χ1) is 17.5. The van der Waals surface area contributed by atoms with Crippen molar-refractivity contribution in [3.63, 3.8) is 0 Å². The molecule has 13 heteroatoms. The van der Waals surface area contributed by atoms with Gasteiger partial charge in [-0.05, 0) is 42.7 Å². The molecule has 0 aliphatic carbocycles. The number of piperidine rings is 1. The number of aromatic nitrogens is 2. The molecule has 0 atom stereocenters. The van der Waals surface area contributed by atoms with Crippen LogP contribution in [-0.4, -0.2) is 83.2 Å². The molecule has 0 N–H and O–H groups in total. The summed E-state index contributed by atoms with van der Waals surface area (Å²) in [4.78, 5) is 17.7. The minimum absolute atomic E-state index is 0. The van der Waals surface area contributed by atoms with Crippen molar-refractivity contribution in [2.24, 2.45) is 5.92 Å². The van der Waals surface area contributed by atoms with Crippen LogP contribution >= 0.6 is 24.1 Å². The molecule has 3 aromatic rings. The Balaban J connectivity index is 0.00000280. The van der Waals surface area contributed by atoms with Gasteiger partial charge in [-0.25, -0.2) is 8.42 Å². The predicted octanol–water partition coefficient (Wildman–Crippen LogP) is 2.59. The number of fused-ring (bicyclic) bond motifs is 2. The van der Waals surface area contributed by atoms with Gasteiger partial charge >= 0.3 is 0 Å². The van der Waals surface area contributed by atoms with Crippen LogP contribution in [0.4, 0.5) is 0 Å². The number of halogens is 1. The van der Waals surface area contributed by atoms with Gasteiger partial charge in [0.25, 0.3) is 0 Å². The maximum atomic E-state index is 13.3. The number of benzene rings is 2. The van der Waals surface area contributed by atoms with E-state index in [2.05, 4.69) is 19.7 Å². The van der Waals surface area contributed by atoms with E-state index in [1.54, 1.807) is 18.2 Å². The van der Waals surface area contributed by atoms with Crippen molar-refractivity contribution < 1.29 is 22.7 Å². The summed E-state index contributed by atoms with van der Waals surface area (Å²) >= 11 is 1.01. The van der Waals surface area contributed by atoms with E-state index in [0.717, 1.165) is 48.4 Å². The number of hydrogen-bond donors (Lipinski definition) is 0. The summed E-state index contributed by atoms with van der Waals surface area (Å²) in [6, 6.07) is 11.1. The fourth-order valence-electron chi connectivity index (χ4n) is 5.15. The van der Waals surface area contributed by atoms with Gasteiger partial charge in [-0.2, -0.15) is 13.1 Å². The molecule has 0 unspecified atom stereocenters. The standard InChI is InChI=1S/C24H27N5O5S2.ClH/c30-24(28-12-10-27(11-13-28)15-17-4-5-20-21(14-17)34-16-33-20)18-6-8-29(9-7-18)36(31,32)22-3-1-2-19-23(22)26-35-25-19;/h1-5,14,18H,6-13,15-16H2;1H. The highest BCUT2D eigenvalue weighted by molar-refractivity contribution is 7.89. The number of carbonyl (C=O) groups excluding carboxylic acids is 1. The SMILES string of the molecule is Cl.O=C(C1CCN(S(=O)(=O)c2cccc3nsnc23)CC1)N1CCN(Cc2ccc3c(c2)OCO3)CC1. The van der Waals surface area contributed by atoms with Crippen LogP contribution < -0.4 is 9.47 Å². The molecule has 6 rings (SSSR count). The fraction of sp³-hybridized carbons (Fsp3) is 0.458. The molecular formula is C24H28ClN5O5S2. The highest BCUT2D eigenvalue weighted by Crippen LogP contribution is 2.33. The second-order valence-electron chi connectivity index (χ2n) is 9.36. The molecule has 2 fully saturated rings. The van der Waals surface area contributed by atoms with E-state index in [1.807, 2.05) is 17.0 Å². The lowest BCUT2D eigenvalue weighted by Crippen LogP contribution is -2.51. The largest absolute Gasteiger partial charge is 0.454 e. The number of hydrogen-bond acceptors (Lipinski definition) is 9. The summed E-state index contributed by atoms with van der Waals surface area (Å²) in [5.41, 5.74) is 2.17. The molecule has 0 radical (unpaired) electrons. The van der Waals surface area contributed by atoms with Gasteiger partial charge < -0.3 is 14.4 Å². The number of amides is 1. The first kappa shape index (κ1) is 26.1. The molecular weight excluding hydrogens is 538 g/mol. The third-order valence-corrected chi connectivity index (χ3v) is 9.67. The number of piperazine rings is 1. The van der Waals surface area contributed by atoms with Crippen LogP contribution in [-0.2, 0) is 21.4 Å². The van der Waals surface area contributed by atoms with Crippen molar-refractivity contribution in [2.75, 3.05) is 46.1 Å². The zero-order valence-corrected chi connectivity index (χ0v) is 22.6. The van der Waals surface area contributed by atoms with Crippen molar-refractivity contribution in [1.82, 2.24) is 22.9 Å². The number of carbonyl (C=O) groups is 1. The molecule has 1 amide bonds. The van der Waals surface area contributed by atoms with E-state index in [4.69, 9.17) is 9.47 Å². The number of ether oxygens (including phenoxy) is 2. The second kappa shape index (κ2) is 10.7. The monoisotopic (exact) mass is 565 g/mol. The summed E-state index contributed by atoms with van der Waals surface area (Å²) in [5.74, 6) is 1.56. The van der Waals surface area contributed by atoms with Gasteiger partial charge in [0.2, 0.25) is 22.7 Å². The molecule has 0 spiro atoms. The van der Waals surface area contributed by atoms with Crippen LogP contribution in [0.3, 0.4) is 0 Å². The molecule has 10 nitrogen and oxygen atoms in total. The average molecular weight is 566 g/mol. The van der Waals surface area contributed by atoms with E-state index in [1.165, 1.54) is 4.31 Å². The third kappa shape index (κ3) is 5.13. The fourth-order valence-corrected chi connectivity index (χ4v) is 7.38. The number of sulfonamides is 1. The maximum Gasteiger partial charge on any atom is 0.245 e. The molecule has 1 aromatic heterocycles. The first-order valence-corrected chi connectivity index (χ1v) is 14.3. The lowest BCUT2D eigenvalue weighted by Gasteiger charge is -2.38. The predicted molar refractivity (Wildman–Crippen MR) is 141 cm³/mol. The lowest BCUT2D eigenvalue weighted by atomic mass is 9.96. The Kier molecular flexibility index (Phi) is 7.55. The first-order valence-electron chi connectivity index (χ1n) is 12.1. The Labute approximate surface area is 225 Å². The minimum Gasteiger partial charge on any atom is -0.454 e. The molecule has 0 saturated carbocycles. The van der Waals surface area contributed by atoms with E-state index >= 15 is 0 Å². The molecule has 37 heavy (non-hydrogen) atoms. The summed E-state index contributed by atoms with van der Waals surface area (Å²) in [6.07, 6.45) is 1.06. The highest BCUT2D eigenvalue weighted by Gasteiger charge is 2.35. The highest BCUT2D eigenvalue weighted by atomic mass is 35.5. The van der Waals surface area contributed by atoms with Crippen molar-refractivity contribution in [3.8, 4) is 11.5 Å². The topological polar surface area (TPSA) is 105 Å². The summed E-state index contributed by atoms with van der Waals surface area (Å²) in [5, 5.41) is 0. The smallest absolute Gasteiger partial charge is 0.245 e. The molecule has 2 aromatic carbocycles. The quantitative estimate of drug-likeness (QED) is 0.465. The molecule has 198 valence electrons. The van der Waals surface area contributed by atoms with Crippen LogP contribution in [0.2, 0.25) is 0 Å². The minimum atomic E-state index is -3.68. The van der Waals surface area contributed by atoms with Gasteiger partial charge in [0.1, 0.15) is 15.9 Å². The van der Waals surface area contributed by atoms with Crippen LogP contribution in [0, 0.1) is 5.92 Å². The van der Waals surface area contributed by atoms with Crippen molar-refractivity contribution >= 4 is 51.1 Å².